The van der Waals surface area contributed by atoms with Crippen LogP contribution in [0.4, 0.5) is 0 Å². The number of methoxy groups -OCH3 is 2. The van der Waals surface area contributed by atoms with E-state index in [-0.39, 0.29) is 11.2 Å². The maximum atomic E-state index is 12.8. The molecule has 0 heterocycles. The monoisotopic (exact) mass is 444 g/mol. The summed E-state index contributed by atoms with van der Waals surface area (Å²) in [4.78, 5) is 25.5. The molecule has 0 saturated heterocycles. The molecule has 5 heteroatoms. The second kappa shape index (κ2) is 10.2. The molecule has 0 spiro atoms. The number of para-hydroxylation sites is 1. The number of carbonyl (C=O) groups is 2. The average molecular weight is 445 g/mol. The van der Waals surface area contributed by atoms with E-state index in [0.717, 1.165) is 5.56 Å². The van der Waals surface area contributed by atoms with E-state index in [9.17, 15) is 9.59 Å². The lowest BCUT2D eigenvalue weighted by Crippen LogP contribution is -2.13. The van der Waals surface area contributed by atoms with Crippen LogP contribution in [-0.2, 0) is 5.41 Å². The maximum absolute atomic E-state index is 12.8. The van der Waals surface area contributed by atoms with E-state index in [1.54, 1.807) is 54.6 Å². The molecule has 0 aliphatic rings. The molecule has 3 rings (SSSR count). The van der Waals surface area contributed by atoms with E-state index in [1.807, 2.05) is 18.2 Å². The van der Waals surface area contributed by atoms with Crippen LogP contribution in [0, 0.1) is 0 Å². The summed E-state index contributed by atoms with van der Waals surface area (Å²) in [5.74, 6) is 0.647. The van der Waals surface area contributed by atoms with Crippen molar-refractivity contribution in [3.05, 3.63) is 95.1 Å². The Morgan fingerprint density at radius 3 is 2.15 bits per heavy atom. The Bertz CT molecular complexity index is 1170. The molecule has 0 aliphatic heterocycles. The molecule has 0 saturated carbocycles. The van der Waals surface area contributed by atoms with Gasteiger partial charge in [0.05, 0.1) is 25.3 Å². The van der Waals surface area contributed by atoms with Gasteiger partial charge in [-0.3, -0.25) is 4.79 Å². The zero-order valence-corrected chi connectivity index (χ0v) is 19.5. The lowest BCUT2D eigenvalue weighted by atomic mass is 9.87. The predicted octanol–water partition coefficient (Wildman–Crippen LogP) is 6.12. The maximum Gasteiger partial charge on any atom is 0.343 e. The first-order valence-electron chi connectivity index (χ1n) is 10.6. The van der Waals surface area contributed by atoms with Gasteiger partial charge in [0, 0.05) is 5.56 Å². The fourth-order valence-corrected chi connectivity index (χ4v) is 3.24. The second-order valence-corrected chi connectivity index (χ2v) is 8.52. The molecular formula is C28H28O5. The van der Waals surface area contributed by atoms with Gasteiger partial charge in [-0.15, -0.1) is 0 Å². The van der Waals surface area contributed by atoms with Crippen molar-refractivity contribution < 1.29 is 23.8 Å². The van der Waals surface area contributed by atoms with Crippen LogP contribution in [-0.4, -0.2) is 26.0 Å². The van der Waals surface area contributed by atoms with Crippen molar-refractivity contribution in [3.63, 3.8) is 0 Å². The lowest BCUT2D eigenvalue weighted by Gasteiger charge is -2.19. The highest BCUT2D eigenvalue weighted by Gasteiger charge is 2.16. The Balaban J connectivity index is 1.80. The number of benzene rings is 3. The Kier molecular flexibility index (Phi) is 7.34. The van der Waals surface area contributed by atoms with Crippen LogP contribution in [0.5, 0.6) is 17.2 Å². The third-order valence-electron chi connectivity index (χ3n) is 5.19. The topological polar surface area (TPSA) is 61.8 Å². The highest BCUT2D eigenvalue weighted by molar-refractivity contribution is 6.09. The quantitative estimate of drug-likeness (QED) is 0.190. The zero-order chi connectivity index (χ0) is 24.0. The minimum absolute atomic E-state index is 0.00216. The van der Waals surface area contributed by atoms with Crippen LogP contribution in [0.3, 0.4) is 0 Å². The average Bonchev–Trinajstić information content (AvgIpc) is 2.82. The molecular weight excluding hydrogens is 416 g/mol. The standard InChI is InChI=1S/C28H28O5/c1-28(2,3)21-13-10-20(11-14-21)27(30)33-25-9-7-6-8-19(25)12-16-24(29)23-18-22(31-4)15-17-26(23)32-5/h6-18H,1-5H3/b16-12+. The van der Waals surface area contributed by atoms with Crippen LogP contribution >= 0.6 is 0 Å². The smallest absolute Gasteiger partial charge is 0.343 e. The molecule has 0 amide bonds. The molecule has 5 nitrogen and oxygen atoms in total. The normalized spacial score (nSPS) is 11.3. The fraction of sp³-hybridized carbons (Fsp3) is 0.214. The zero-order valence-electron chi connectivity index (χ0n) is 19.5. The third kappa shape index (κ3) is 5.89. The molecule has 0 fully saturated rings. The summed E-state index contributed by atoms with van der Waals surface area (Å²) >= 11 is 0. The number of rotatable bonds is 7. The van der Waals surface area contributed by atoms with Gasteiger partial charge in [-0.1, -0.05) is 51.1 Å². The largest absolute Gasteiger partial charge is 0.497 e. The molecule has 0 aromatic heterocycles. The summed E-state index contributed by atoms with van der Waals surface area (Å²) in [7, 11) is 3.04. The highest BCUT2D eigenvalue weighted by atomic mass is 16.5. The Morgan fingerprint density at radius 2 is 1.52 bits per heavy atom. The molecule has 0 atom stereocenters. The van der Waals surface area contributed by atoms with Crippen molar-refractivity contribution in [1.82, 2.24) is 0 Å². The van der Waals surface area contributed by atoms with Crippen LogP contribution in [0.2, 0.25) is 0 Å². The number of ketones is 1. The Hall–Kier alpha value is -3.86. The number of esters is 1. The summed E-state index contributed by atoms with van der Waals surface area (Å²) in [5, 5.41) is 0. The van der Waals surface area contributed by atoms with E-state index < -0.39 is 5.97 Å². The molecule has 3 aromatic carbocycles. The van der Waals surface area contributed by atoms with Crippen molar-refractivity contribution in [2.45, 2.75) is 26.2 Å². The molecule has 0 N–H and O–H groups in total. The number of hydrogen-bond donors (Lipinski definition) is 0. The molecule has 33 heavy (non-hydrogen) atoms. The fourth-order valence-electron chi connectivity index (χ4n) is 3.24. The molecule has 0 bridgehead atoms. The summed E-state index contributed by atoms with van der Waals surface area (Å²) in [6.45, 7) is 6.35. The number of allylic oxidation sites excluding steroid dienone is 1. The minimum Gasteiger partial charge on any atom is -0.497 e. The summed E-state index contributed by atoms with van der Waals surface area (Å²) in [6.07, 6.45) is 3.04. The minimum atomic E-state index is -0.461. The number of hydrogen-bond acceptors (Lipinski definition) is 5. The van der Waals surface area contributed by atoms with Crippen LogP contribution < -0.4 is 14.2 Å². The van der Waals surface area contributed by atoms with Gasteiger partial charge in [0.2, 0.25) is 0 Å². The van der Waals surface area contributed by atoms with E-state index >= 15 is 0 Å². The first-order chi connectivity index (χ1) is 15.7. The van der Waals surface area contributed by atoms with Gasteiger partial charge in [0.1, 0.15) is 17.2 Å². The first kappa shape index (κ1) is 23.8. The molecule has 3 aromatic rings. The van der Waals surface area contributed by atoms with Crippen molar-refractivity contribution >= 4 is 17.8 Å². The van der Waals surface area contributed by atoms with Gasteiger partial charge in [0.15, 0.2) is 5.78 Å². The Morgan fingerprint density at radius 1 is 0.818 bits per heavy atom. The van der Waals surface area contributed by atoms with E-state index in [0.29, 0.717) is 33.9 Å². The number of carbonyl (C=O) groups excluding carboxylic acids is 2. The second-order valence-electron chi connectivity index (χ2n) is 8.52. The van der Waals surface area contributed by atoms with Crippen LogP contribution in [0.1, 0.15) is 52.6 Å². The molecule has 0 unspecified atom stereocenters. The van der Waals surface area contributed by atoms with Gasteiger partial charge in [-0.05, 0) is 59.5 Å². The van der Waals surface area contributed by atoms with E-state index in [4.69, 9.17) is 14.2 Å². The van der Waals surface area contributed by atoms with Crippen LogP contribution in [0.15, 0.2) is 72.8 Å². The summed E-state index contributed by atoms with van der Waals surface area (Å²) in [5.41, 5.74) is 2.57. The van der Waals surface area contributed by atoms with Crippen molar-refractivity contribution in [2.24, 2.45) is 0 Å². The number of ether oxygens (including phenoxy) is 3. The van der Waals surface area contributed by atoms with E-state index in [1.165, 1.54) is 20.3 Å². The Labute approximate surface area is 194 Å². The lowest BCUT2D eigenvalue weighted by molar-refractivity contribution is 0.0734. The van der Waals surface area contributed by atoms with E-state index in [2.05, 4.69) is 20.8 Å². The summed E-state index contributed by atoms with van der Waals surface area (Å²) < 4.78 is 16.1. The van der Waals surface area contributed by atoms with Crippen molar-refractivity contribution in [2.75, 3.05) is 14.2 Å². The molecule has 0 radical (unpaired) electrons. The first-order valence-corrected chi connectivity index (χ1v) is 10.6. The van der Waals surface area contributed by atoms with Crippen molar-refractivity contribution in [1.29, 1.82) is 0 Å². The van der Waals surface area contributed by atoms with Crippen molar-refractivity contribution in [3.8, 4) is 17.2 Å². The highest BCUT2D eigenvalue weighted by Crippen LogP contribution is 2.27. The van der Waals surface area contributed by atoms with Gasteiger partial charge >= 0.3 is 5.97 Å². The summed E-state index contributed by atoms with van der Waals surface area (Å²) in [6, 6.07) is 19.5. The van der Waals surface area contributed by atoms with Gasteiger partial charge in [-0.2, -0.15) is 0 Å². The van der Waals surface area contributed by atoms with Gasteiger partial charge < -0.3 is 14.2 Å². The predicted molar refractivity (Wildman–Crippen MR) is 129 cm³/mol. The van der Waals surface area contributed by atoms with Gasteiger partial charge in [-0.25, -0.2) is 4.79 Å². The van der Waals surface area contributed by atoms with Crippen LogP contribution in [0.25, 0.3) is 6.08 Å². The third-order valence-corrected chi connectivity index (χ3v) is 5.19. The molecule has 0 aliphatic carbocycles. The molecule has 170 valence electrons. The van der Waals surface area contributed by atoms with Gasteiger partial charge in [0.25, 0.3) is 0 Å². The SMILES string of the molecule is COc1ccc(OC)c(C(=O)/C=C/c2ccccc2OC(=O)c2ccc(C(C)(C)C)cc2)c1.